The van der Waals surface area contributed by atoms with Crippen molar-refractivity contribution in [1.29, 1.82) is 0 Å². The summed E-state index contributed by atoms with van der Waals surface area (Å²) >= 11 is 3.47. The van der Waals surface area contributed by atoms with Crippen molar-refractivity contribution in [2.24, 2.45) is 5.92 Å². The van der Waals surface area contributed by atoms with E-state index in [2.05, 4.69) is 28.1 Å². The molecule has 2 fully saturated rings. The topological polar surface area (TPSA) is 55.8 Å². The number of piperidine rings is 1. The van der Waals surface area contributed by atoms with E-state index in [0.29, 0.717) is 25.9 Å². The summed E-state index contributed by atoms with van der Waals surface area (Å²) < 4.78 is 11.6. The second-order valence-corrected chi connectivity index (χ2v) is 7.75. The van der Waals surface area contributed by atoms with Crippen molar-refractivity contribution in [2.45, 2.75) is 37.7 Å². The van der Waals surface area contributed by atoms with Crippen molar-refractivity contribution < 1.29 is 19.1 Å². The third kappa shape index (κ3) is 3.74. The van der Waals surface area contributed by atoms with Crippen LogP contribution in [0.15, 0.2) is 28.7 Å². The average molecular weight is 396 g/mol. The fraction of sp³-hybridized carbons (Fsp3) is 0.556. The van der Waals surface area contributed by atoms with Gasteiger partial charge in [-0.25, -0.2) is 4.79 Å². The molecule has 1 amide bonds. The molecule has 0 N–H and O–H groups in total. The maximum absolute atomic E-state index is 12.5. The van der Waals surface area contributed by atoms with Crippen LogP contribution in [0.4, 0.5) is 4.79 Å². The van der Waals surface area contributed by atoms with E-state index in [1.165, 1.54) is 12.7 Å². The van der Waals surface area contributed by atoms with Gasteiger partial charge < -0.3 is 14.4 Å². The molecule has 0 unspecified atom stereocenters. The highest BCUT2D eigenvalue weighted by atomic mass is 79.9. The molecule has 0 spiro atoms. The Labute approximate surface area is 150 Å². The van der Waals surface area contributed by atoms with Gasteiger partial charge in [0, 0.05) is 30.4 Å². The Morgan fingerprint density at radius 3 is 2.62 bits per heavy atom. The van der Waals surface area contributed by atoms with Crippen LogP contribution in [0.25, 0.3) is 0 Å². The Balaban J connectivity index is 1.54. The van der Waals surface area contributed by atoms with Crippen LogP contribution in [0, 0.1) is 5.92 Å². The number of likely N-dealkylation sites (tertiary alicyclic amines) is 1. The van der Waals surface area contributed by atoms with E-state index in [1.807, 2.05) is 19.1 Å². The van der Waals surface area contributed by atoms with Crippen LogP contribution in [0.1, 0.15) is 37.7 Å². The minimum Gasteiger partial charge on any atom is -0.459 e. The van der Waals surface area contributed by atoms with Gasteiger partial charge in [-0.3, -0.25) is 4.79 Å². The number of halogens is 1. The molecule has 5 nitrogen and oxygen atoms in total. The zero-order valence-corrected chi connectivity index (χ0v) is 15.5. The lowest BCUT2D eigenvalue weighted by atomic mass is 9.93. The lowest BCUT2D eigenvalue weighted by Crippen LogP contribution is -2.47. The molecule has 0 bridgehead atoms. The Morgan fingerprint density at radius 2 is 2.00 bits per heavy atom. The molecule has 0 aromatic heterocycles. The summed E-state index contributed by atoms with van der Waals surface area (Å²) in [5, 5.41) is 0. The highest BCUT2D eigenvalue weighted by Gasteiger charge is 2.47. The quantitative estimate of drug-likeness (QED) is 0.731. The molecule has 0 radical (unpaired) electrons. The van der Waals surface area contributed by atoms with E-state index in [9.17, 15) is 9.59 Å². The second-order valence-electron chi connectivity index (χ2n) is 6.83. The van der Waals surface area contributed by atoms with Crippen molar-refractivity contribution in [1.82, 2.24) is 4.90 Å². The molecule has 24 heavy (non-hydrogen) atoms. The van der Waals surface area contributed by atoms with Crippen molar-refractivity contribution in [2.75, 3.05) is 20.2 Å². The summed E-state index contributed by atoms with van der Waals surface area (Å²) in [5.74, 6) is 0.0949. The molecule has 1 saturated heterocycles. The van der Waals surface area contributed by atoms with E-state index in [0.717, 1.165) is 10.9 Å². The highest BCUT2D eigenvalue weighted by Crippen LogP contribution is 2.49. The van der Waals surface area contributed by atoms with Crippen molar-refractivity contribution >= 4 is 28.0 Å². The monoisotopic (exact) mass is 395 g/mol. The molecule has 1 aromatic carbocycles. The number of hydrogen-bond acceptors (Lipinski definition) is 4. The van der Waals surface area contributed by atoms with Gasteiger partial charge >= 0.3 is 12.1 Å². The molecule has 1 aliphatic heterocycles. The number of hydrogen-bond donors (Lipinski definition) is 0. The van der Waals surface area contributed by atoms with E-state index in [1.54, 1.807) is 4.90 Å². The molecular formula is C18H22BrNO4. The lowest BCUT2D eigenvalue weighted by Gasteiger charge is -2.38. The summed E-state index contributed by atoms with van der Waals surface area (Å²) in [6.07, 6.45) is 1.81. The predicted octanol–water partition coefficient (Wildman–Crippen LogP) is 3.72. The summed E-state index contributed by atoms with van der Waals surface area (Å²) in [5.41, 5.74) is 0.684. The Morgan fingerprint density at radius 1 is 1.29 bits per heavy atom. The number of benzene rings is 1. The van der Waals surface area contributed by atoms with Crippen LogP contribution in [-0.2, 0) is 14.3 Å². The molecule has 1 aliphatic carbocycles. The van der Waals surface area contributed by atoms with Crippen LogP contribution in [-0.4, -0.2) is 42.8 Å². The molecular weight excluding hydrogens is 374 g/mol. The van der Waals surface area contributed by atoms with Crippen LogP contribution >= 0.6 is 15.9 Å². The largest absolute Gasteiger partial charge is 0.459 e. The van der Waals surface area contributed by atoms with Gasteiger partial charge in [-0.05, 0) is 37.0 Å². The van der Waals surface area contributed by atoms with Crippen LogP contribution in [0.2, 0.25) is 0 Å². The summed E-state index contributed by atoms with van der Waals surface area (Å²) in [7, 11) is 1.38. The van der Waals surface area contributed by atoms with Gasteiger partial charge in [0.1, 0.15) is 5.60 Å². The van der Waals surface area contributed by atoms with Gasteiger partial charge in [0.05, 0.1) is 13.0 Å². The molecule has 2 aliphatic rings. The molecule has 3 rings (SSSR count). The molecule has 130 valence electrons. The maximum Gasteiger partial charge on any atom is 0.409 e. The zero-order valence-electron chi connectivity index (χ0n) is 14.0. The van der Waals surface area contributed by atoms with Gasteiger partial charge in [-0.2, -0.15) is 0 Å². The SMILES string of the molecule is COC(=O)N1CCC(C)(OC(=O)[C@@H]2C[C@H]2c2cccc(Br)c2)CC1. The van der Waals surface area contributed by atoms with E-state index in [4.69, 9.17) is 9.47 Å². The maximum atomic E-state index is 12.5. The van der Waals surface area contributed by atoms with Crippen LogP contribution in [0.3, 0.4) is 0 Å². The van der Waals surface area contributed by atoms with Crippen LogP contribution < -0.4 is 0 Å². The minimum atomic E-state index is -0.494. The molecule has 2 atom stereocenters. The molecule has 6 heteroatoms. The molecule has 1 heterocycles. The first-order chi connectivity index (χ1) is 11.4. The number of carbonyl (C=O) groups excluding carboxylic acids is 2. The summed E-state index contributed by atoms with van der Waals surface area (Å²) in [4.78, 5) is 25.7. The van der Waals surface area contributed by atoms with Gasteiger partial charge in [0.2, 0.25) is 0 Å². The van der Waals surface area contributed by atoms with Crippen molar-refractivity contribution in [3.63, 3.8) is 0 Å². The van der Waals surface area contributed by atoms with Crippen molar-refractivity contribution in [3.8, 4) is 0 Å². The summed E-state index contributed by atoms with van der Waals surface area (Å²) in [6.45, 7) is 3.06. The number of amides is 1. The predicted molar refractivity (Wildman–Crippen MR) is 92.7 cm³/mol. The van der Waals surface area contributed by atoms with E-state index in [-0.39, 0.29) is 23.9 Å². The number of methoxy groups -OCH3 is 1. The van der Waals surface area contributed by atoms with E-state index >= 15 is 0 Å². The Bertz CT molecular complexity index is 640. The number of ether oxygens (including phenoxy) is 2. The van der Waals surface area contributed by atoms with Crippen LogP contribution in [0.5, 0.6) is 0 Å². The Kier molecular flexibility index (Phi) is 4.85. The standard InChI is InChI=1S/C18H22BrNO4/c1-18(6-8-20(9-7-18)17(22)23-2)24-16(21)15-11-14(15)12-4-3-5-13(19)10-12/h3-5,10,14-15H,6-9,11H2,1-2H3/t14-,15+/m0/s1. The fourth-order valence-corrected chi connectivity index (χ4v) is 3.69. The summed E-state index contributed by atoms with van der Waals surface area (Å²) in [6, 6.07) is 8.09. The fourth-order valence-electron chi connectivity index (χ4n) is 3.27. The Hall–Kier alpha value is -1.56. The van der Waals surface area contributed by atoms with Gasteiger partial charge in [-0.1, -0.05) is 28.1 Å². The van der Waals surface area contributed by atoms with E-state index < -0.39 is 5.60 Å². The molecule has 1 aromatic rings. The highest BCUT2D eigenvalue weighted by molar-refractivity contribution is 9.10. The van der Waals surface area contributed by atoms with Gasteiger partial charge in [0.25, 0.3) is 0 Å². The minimum absolute atomic E-state index is 0.0465. The number of carbonyl (C=O) groups is 2. The number of esters is 1. The lowest BCUT2D eigenvalue weighted by molar-refractivity contribution is -0.163. The van der Waals surface area contributed by atoms with Gasteiger partial charge in [-0.15, -0.1) is 0 Å². The first-order valence-electron chi connectivity index (χ1n) is 8.23. The third-order valence-electron chi connectivity index (χ3n) is 4.97. The molecule has 1 saturated carbocycles. The number of rotatable bonds is 3. The average Bonchev–Trinajstić information content (AvgIpc) is 3.35. The number of nitrogens with zero attached hydrogens (tertiary/aromatic N) is 1. The second kappa shape index (κ2) is 6.75. The smallest absolute Gasteiger partial charge is 0.409 e. The first kappa shape index (κ1) is 17.3. The normalized spacial score (nSPS) is 25.0. The van der Waals surface area contributed by atoms with Crippen molar-refractivity contribution in [3.05, 3.63) is 34.3 Å². The zero-order chi connectivity index (χ0) is 17.3. The third-order valence-corrected chi connectivity index (χ3v) is 5.46. The van der Waals surface area contributed by atoms with Gasteiger partial charge in [0.15, 0.2) is 0 Å². The first-order valence-corrected chi connectivity index (χ1v) is 9.02.